The van der Waals surface area contributed by atoms with Gasteiger partial charge in [0.05, 0.1) is 26.0 Å². The predicted molar refractivity (Wildman–Crippen MR) is 150 cm³/mol. The Morgan fingerprint density at radius 1 is 1.03 bits per heavy atom. The first-order valence-electron chi connectivity index (χ1n) is 12.6. The lowest BCUT2D eigenvalue weighted by molar-refractivity contribution is -0.165. The van der Waals surface area contributed by atoms with Crippen LogP contribution in [0.3, 0.4) is 0 Å². The number of halogens is 2. The van der Waals surface area contributed by atoms with E-state index in [9.17, 15) is 9.59 Å². The van der Waals surface area contributed by atoms with E-state index in [1.54, 1.807) is 41.1 Å². The van der Waals surface area contributed by atoms with Crippen LogP contribution in [0, 0.1) is 6.92 Å². The van der Waals surface area contributed by atoms with Gasteiger partial charge in [0.25, 0.3) is 0 Å². The van der Waals surface area contributed by atoms with Crippen LogP contribution in [0.25, 0.3) is 0 Å². The molecule has 4 rings (SSSR count). The second-order valence-corrected chi connectivity index (χ2v) is 10.6. The van der Waals surface area contributed by atoms with Crippen molar-refractivity contribution in [2.75, 3.05) is 33.4 Å². The number of rotatable bonds is 9. The molecule has 0 spiro atoms. The molecule has 6 nitrogen and oxygen atoms in total. The second kappa shape index (κ2) is 12.7. The Balaban J connectivity index is 1.50. The van der Waals surface area contributed by atoms with Gasteiger partial charge in [-0.05, 0) is 53.9 Å². The van der Waals surface area contributed by atoms with E-state index in [4.69, 9.17) is 32.7 Å². The molecule has 0 bridgehead atoms. The van der Waals surface area contributed by atoms with E-state index in [0.717, 1.165) is 16.7 Å². The summed E-state index contributed by atoms with van der Waals surface area (Å²) in [6, 6.07) is 22.5. The van der Waals surface area contributed by atoms with Gasteiger partial charge in [0.1, 0.15) is 18.0 Å². The quantitative estimate of drug-likeness (QED) is 0.347. The summed E-state index contributed by atoms with van der Waals surface area (Å²) in [5, 5.41) is 1.27. The van der Waals surface area contributed by atoms with E-state index in [-0.39, 0.29) is 37.8 Å². The van der Waals surface area contributed by atoms with Crippen LogP contribution in [-0.4, -0.2) is 60.6 Å². The zero-order chi connectivity index (χ0) is 27.1. The molecule has 1 aliphatic rings. The summed E-state index contributed by atoms with van der Waals surface area (Å²) >= 11 is 12.2. The number of hydrogen-bond acceptors (Lipinski definition) is 4. The average Bonchev–Trinajstić information content (AvgIpc) is 2.91. The first kappa shape index (κ1) is 28.0. The Hall–Kier alpha value is -3.06. The Morgan fingerprint density at radius 2 is 1.76 bits per heavy atom. The molecular weight excluding hydrogens is 523 g/mol. The highest BCUT2D eigenvalue weighted by molar-refractivity contribution is 6.31. The minimum atomic E-state index is -0.997. The van der Waals surface area contributed by atoms with Crippen molar-refractivity contribution < 1.29 is 19.1 Å². The van der Waals surface area contributed by atoms with Crippen molar-refractivity contribution in [1.29, 1.82) is 0 Å². The molecule has 1 atom stereocenters. The van der Waals surface area contributed by atoms with E-state index < -0.39 is 5.60 Å². The number of amides is 2. The summed E-state index contributed by atoms with van der Waals surface area (Å²) in [7, 11) is 1.78. The molecule has 200 valence electrons. The molecule has 1 fully saturated rings. The lowest BCUT2D eigenvalue weighted by Gasteiger charge is -2.42. The van der Waals surface area contributed by atoms with Crippen molar-refractivity contribution >= 4 is 35.0 Å². The van der Waals surface area contributed by atoms with Crippen LogP contribution in [0.1, 0.15) is 23.1 Å². The topological polar surface area (TPSA) is 59.1 Å². The number of hydrogen-bond donors (Lipinski definition) is 0. The van der Waals surface area contributed by atoms with Crippen molar-refractivity contribution in [3.05, 3.63) is 99.5 Å². The molecule has 0 aliphatic carbocycles. The maximum absolute atomic E-state index is 13.4. The monoisotopic (exact) mass is 554 g/mol. The number of morpholine rings is 1. The van der Waals surface area contributed by atoms with Gasteiger partial charge in [-0.1, -0.05) is 65.7 Å². The molecule has 0 saturated carbocycles. The molecule has 0 radical (unpaired) electrons. The van der Waals surface area contributed by atoms with Gasteiger partial charge in [-0.3, -0.25) is 9.59 Å². The molecule has 38 heavy (non-hydrogen) atoms. The summed E-state index contributed by atoms with van der Waals surface area (Å²) in [4.78, 5) is 30.1. The highest BCUT2D eigenvalue weighted by atomic mass is 35.5. The molecule has 3 aromatic carbocycles. The van der Waals surface area contributed by atoms with Gasteiger partial charge in [0.15, 0.2) is 0 Å². The summed E-state index contributed by atoms with van der Waals surface area (Å²) in [6.07, 6.45) is 0.319. The van der Waals surface area contributed by atoms with Crippen LogP contribution in [0.2, 0.25) is 10.0 Å². The maximum atomic E-state index is 13.4. The molecular formula is C30H32Cl2N2O4. The van der Waals surface area contributed by atoms with Crippen molar-refractivity contribution in [3.8, 4) is 5.75 Å². The Kier molecular flexibility index (Phi) is 9.31. The average molecular weight is 556 g/mol. The van der Waals surface area contributed by atoms with Crippen LogP contribution >= 0.6 is 23.2 Å². The molecule has 1 aliphatic heterocycles. The van der Waals surface area contributed by atoms with Crippen molar-refractivity contribution in [2.45, 2.75) is 31.9 Å². The lowest BCUT2D eigenvalue weighted by Crippen LogP contribution is -2.58. The molecule has 0 N–H and O–H groups in total. The fourth-order valence-corrected chi connectivity index (χ4v) is 4.71. The number of nitrogens with zero attached hydrogens (tertiary/aromatic N) is 2. The van der Waals surface area contributed by atoms with E-state index in [0.29, 0.717) is 35.5 Å². The fourth-order valence-electron chi connectivity index (χ4n) is 4.47. The minimum absolute atomic E-state index is 0.0348. The molecule has 0 aromatic heterocycles. The van der Waals surface area contributed by atoms with E-state index in [1.807, 2.05) is 55.5 Å². The normalized spacial score (nSPS) is 17.2. The number of ether oxygens (including phenoxy) is 2. The van der Waals surface area contributed by atoms with Crippen LogP contribution < -0.4 is 4.74 Å². The number of aryl methyl sites for hydroxylation is 1. The van der Waals surface area contributed by atoms with E-state index in [1.165, 1.54) is 0 Å². The summed E-state index contributed by atoms with van der Waals surface area (Å²) in [5.74, 6) is 0.508. The highest BCUT2D eigenvalue weighted by Gasteiger charge is 2.42. The van der Waals surface area contributed by atoms with Gasteiger partial charge in [0.2, 0.25) is 11.8 Å². The Bertz CT molecular complexity index is 1250. The summed E-state index contributed by atoms with van der Waals surface area (Å²) in [6.45, 7) is 3.50. The lowest BCUT2D eigenvalue weighted by atomic mass is 9.96. The van der Waals surface area contributed by atoms with Crippen LogP contribution in [-0.2, 0) is 27.3 Å². The second-order valence-electron chi connectivity index (χ2n) is 9.76. The van der Waals surface area contributed by atoms with Crippen LogP contribution in [0.15, 0.2) is 72.8 Å². The number of carbonyl (C=O) groups excluding carboxylic acids is 2. The van der Waals surface area contributed by atoms with Gasteiger partial charge in [-0.25, -0.2) is 0 Å². The van der Waals surface area contributed by atoms with E-state index in [2.05, 4.69) is 0 Å². The molecule has 0 unspecified atom stereocenters. The highest BCUT2D eigenvalue weighted by Crippen LogP contribution is 2.28. The first-order chi connectivity index (χ1) is 18.2. The van der Waals surface area contributed by atoms with Gasteiger partial charge < -0.3 is 19.3 Å². The standard InChI is InChI=1S/C30H32Cl2N2O4/c1-22-16-26(12-13-27(22)32)37-21-30(18-29(36)33(2)19-24-6-4-3-5-7-24)20-34(14-15-38-30)28(35)17-23-8-10-25(31)11-9-23/h3-13,16H,14-15,17-21H2,1-2H3/t30-/m1/s1. The zero-order valence-electron chi connectivity index (χ0n) is 21.7. The third kappa shape index (κ3) is 7.50. The summed E-state index contributed by atoms with van der Waals surface area (Å²) < 4.78 is 12.4. The zero-order valence-corrected chi connectivity index (χ0v) is 23.2. The van der Waals surface area contributed by atoms with Crippen molar-refractivity contribution in [1.82, 2.24) is 9.80 Å². The maximum Gasteiger partial charge on any atom is 0.227 e. The molecule has 3 aromatic rings. The van der Waals surface area contributed by atoms with Gasteiger partial charge in [-0.15, -0.1) is 0 Å². The minimum Gasteiger partial charge on any atom is -0.490 e. The molecule has 8 heteroatoms. The number of benzene rings is 3. The number of carbonyl (C=O) groups is 2. The van der Waals surface area contributed by atoms with Crippen LogP contribution in [0.4, 0.5) is 0 Å². The van der Waals surface area contributed by atoms with Gasteiger partial charge in [-0.2, -0.15) is 0 Å². The fraction of sp³-hybridized carbons (Fsp3) is 0.333. The Labute approximate surface area is 234 Å². The third-order valence-corrected chi connectivity index (χ3v) is 7.34. The largest absolute Gasteiger partial charge is 0.490 e. The first-order valence-corrected chi connectivity index (χ1v) is 13.3. The molecule has 1 heterocycles. The molecule has 1 saturated heterocycles. The Morgan fingerprint density at radius 3 is 2.47 bits per heavy atom. The SMILES string of the molecule is Cc1cc(OC[C@@]2(CC(=O)N(C)Cc3ccccc3)CN(C(=O)Cc3ccc(Cl)cc3)CCO2)ccc1Cl. The van der Waals surface area contributed by atoms with Crippen molar-refractivity contribution in [2.24, 2.45) is 0 Å². The summed E-state index contributed by atoms with van der Waals surface area (Å²) in [5.41, 5.74) is 1.81. The van der Waals surface area contributed by atoms with Gasteiger partial charge >= 0.3 is 0 Å². The smallest absolute Gasteiger partial charge is 0.227 e. The van der Waals surface area contributed by atoms with E-state index >= 15 is 0 Å². The van der Waals surface area contributed by atoms with Gasteiger partial charge in [0, 0.05) is 30.2 Å². The van der Waals surface area contributed by atoms with Crippen LogP contribution in [0.5, 0.6) is 5.75 Å². The molecule has 2 amide bonds. The van der Waals surface area contributed by atoms with Crippen molar-refractivity contribution in [3.63, 3.8) is 0 Å². The predicted octanol–water partition coefficient (Wildman–Crippen LogP) is 5.57. The third-order valence-electron chi connectivity index (χ3n) is 6.66.